The molecule has 5 heteroatoms. The fourth-order valence-electron chi connectivity index (χ4n) is 1.82. The Kier molecular flexibility index (Phi) is 5.15. The number of carbonyl (C=O) groups is 2. The molecule has 0 saturated carbocycles. The zero-order valence-corrected chi connectivity index (χ0v) is 11.7. The van der Waals surface area contributed by atoms with Gasteiger partial charge in [-0.05, 0) is 29.8 Å². The Morgan fingerprint density at radius 1 is 1.19 bits per heavy atom. The van der Waals surface area contributed by atoms with Gasteiger partial charge in [0.1, 0.15) is 12.4 Å². The Morgan fingerprint density at radius 3 is 2.76 bits per heavy atom. The second kappa shape index (κ2) is 7.28. The highest BCUT2D eigenvalue weighted by molar-refractivity contribution is 5.89. The maximum atomic E-state index is 11.6. The average Bonchev–Trinajstić information content (AvgIpc) is 3.04. The molecule has 0 N–H and O–H groups in total. The SMILES string of the molecule is COC(=O)c1cccc(COC(=O)CCc2ccco2)c1. The topological polar surface area (TPSA) is 65.7 Å². The Morgan fingerprint density at radius 2 is 2.05 bits per heavy atom. The molecule has 110 valence electrons. The van der Waals surface area contributed by atoms with Crippen LogP contribution < -0.4 is 0 Å². The van der Waals surface area contributed by atoms with Crippen molar-refractivity contribution in [2.24, 2.45) is 0 Å². The Labute approximate surface area is 122 Å². The minimum Gasteiger partial charge on any atom is -0.469 e. The molecule has 5 nitrogen and oxygen atoms in total. The average molecular weight is 288 g/mol. The molecule has 1 aromatic carbocycles. The van der Waals surface area contributed by atoms with Gasteiger partial charge in [0.2, 0.25) is 0 Å². The van der Waals surface area contributed by atoms with E-state index in [1.165, 1.54) is 7.11 Å². The first-order chi connectivity index (χ1) is 10.2. The predicted molar refractivity (Wildman–Crippen MR) is 74.6 cm³/mol. The van der Waals surface area contributed by atoms with Crippen LogP contribution in [0.15, 0.2) is 47.1 Å². The molecular formula is C16H16O5. The van der Waals surface area contributed by atoms with Crippen LogP contribution in [-0.4, -0.2) is 19.0 Å². The van der Waals surface area contributed by atoms with Crippen LogP contribution in [0.5, 0.6) is 0 Å². The van der Waals surface area contributed by atoms with Crippen molar-refractivity contribution >= 4 is 11.9 Å². The number of aryl methyl sites for hydroxylation is 1. The zero-order valence-electron chi connectivity index (χ0n) is 11.7. The number of carbonyl (C=O) groups excluding carboxylic acids is 2. The molecule has 0 aliphatic heterocycles. The lowest BCUT2D eigenvalue weighted by Gasteiger charge is -2.06. The Balaban J connectivity index is 1.82. The van der Waals surface area contributed by atoms with Gasteiger partial charge in [-0.2, -0.15) is 0 Å². The number of ether oxygens (including phenoxy) is 2. The summed E-state index contributed by atoms with van der Waals surface area (Å²) in [6.07, 6.45) is 2.33. The van der Waals surface area contributed by atoms with E-state index in [-0.39, 0.29) is 19.0 Å². The summed E-state index contributed by atoms with van der Waals surface area (Å²) >= 11 is 0. The number of hydrogen-bond donors (Lipinski definition) is 0. The van der Waals surface area contributed by atoms with Crippen LogP contribution in [0.3, 0.4) is 0 Å². The van der Waals surface area contributed by atoms with E-state index in [9.17, 15) is 9.59 Å². The van der Waals surface area contributed by atoms with Gasteiger partial charge in [-0.15, -0.1) is 0 Å². The van der Waals surface area contributed by atoms with Crippen molar-refractivity contribution in [3.8, 4) is 0 Å². The molecule has 0 bridgehead atoms. The quantitative estimate of drug-likeness (QED) is 0.765. The van der Waals surface area contributed by atoms with Crippen molar-refractivity contribution in [2.45, 2.75) is 19.4 Å². The molecule has 2 aromatic rings. The van der Waals surface area contributed by atoms with Gasteiger partial charge in [-0.25, -0.2) is 4.79 Å². The van der Waals surface area contributed by atoms with Gasteiger partial charge in [0.05, 0.1) is 25.4 Å². The fourth-order valence-corrected chi connectivity index (χ4v) is 1.82. The lowest BCUT2D eigenvalue weighted by atomic mass is 10.1. The Hall–Kier alpha value is -2.56. The first kappa shape index (κ1) is 14.8. The normalized spacial score (nSPS) is 10.1. The van der Waals surface area contributed by atoms with E-state index in [0.717, 1.165) is 11.3 Å². The maximum Gasteiger partial charge on any atom is 0.337 e. The van der Waals surface area contributed by atoms with Gasteiger partial charge >= 0.3 is 11.9 Å². The Bertz CT molecular complexity index is 601. The number of hydrogen-bond acceptors (Lipinski definition) is 5. The van der Waals surface area contributed by atoms with E-state index >= 15 is 0 Å². The highest BCUT2D eigenvalue weighted by atomic mass is 16.5. The third-order valence-electron chi connectivity index (χ3n) is 2.90. The van der Waals surface area contributed by atoms with Gasteiger partial charge in [-0.3, -0.25) is 4.79 Å². The minimum absolute atomic E-state index is 0.127. The number of benzene rings is 1. The van der Waals surface area contributed by atoms with E-state index in [0.29, 0.717) is 12.0 Å². The third-order valence-corrected chi connectivity index (χ3v) is 2.90. The van der Waals surface area contributed by atoms with Crippen molar-refractivity contribution in [3.63, 3.8) is 0 Å². The van der Waals surface area contributed by atoms with E-state index in [1.54, 1.807) is 36.6 Å². The summed E-state index contributed by atoms with van der Waals surface area (Å²) in [4.78, 5) is 23.0. The second-order valence-electron chi connectivity index (χ2n) is 4.43. The highest BCUT2D eigenvalue weighted by Gasteiger charge is 2.08. The van der Waals surface area contributed by atoms with E-state index in [4.69, 9.17) is 9.15 Å². The maximum absolute atomic E-state index is 11.6. The first-order valence-corrected chi connectivity index (χ1v) is 6.54. The van der Waals surface area contributed by atoms with E-state index in [1.807, 2.05) is 6.07 Å². The molecule has 1 aromatic heterocycles. The molecule has 0 amide bonds. The van der Waals surface area contributed by atoms with Gasteiger partial charge in [0.15, 0.2) is 0 Å². The first-order valence-electron chi connectivity index (χ1n) is 6.54. The molecule has 0 aliphatic carbocycles. The smallest absolute Gasteiger partial charge is 0.337 e. The van der Waals surface area contributed by atoms with Crippen LogP contribution in [0.25, 0.3) is 0 Å². The third kappa shape index (κ3) is 4.49. The van der Waals surface area contributed by atoms with Gasteiger partial charge < -0.3 is 13.9 Å². The van der Waals surface area contributed by atoms with Crippen molar-refractivity contribution in [3.05, 3.63) is 59.5 Å². The molecule has 2 rings (SSSR count). The summed E-state index contributed by atoms with van der Waals surface area (Å²) in [5.41, 5.74) is 1.17. The van der Waals surface area contributed by atoms with Crippen LogP contribution >= 0.6 is 0 Å². The number of rotatable bonds is 6. The highest BCUT2D eigenvalue weighted by Crippen LogP contribution is 2.09. The van der Waals surface area contributed by atoms with Crippen molar-refractivity contribution in [1.82, 2.24) is 0 Å². The monoisotopic (exact) mass is 288 g/mol. The summed E-state index contributed by atoms with van der Waals surface area (Å²) in [6, 6.07) is 10.4. The molecule has 0 atom stereocenters. The van der Waals surface area contributed by atoms with Crippen molar-refractivity contribution < 1.29 is 23.5 Å². The largest absolute Gasteiger partial charge is 0.469 e. The summed E-state index contributed by atoms with van der Waals surface area (Å²) in [6.45, 7) is 0.127. The lowest BCUT2D eigenvalue weighted by molar-refractivity contribution is -0.145. The molecule has 0 spiro atoms. The number of methoxy groups -OCH3 is 1. The zero-order chi connectivity index (χ0) is 15.1. The van der Waals surface area contributed by atoms with Crippen LogP contribution in [0.2, 0.25) is 0 Å². The van der Waals surface area contributed by atoms with Crippen molar-refractivity contribution in [1.29, 1.82) is 0 Å². The second-order valence-corrected chi connectivity index (χ2v) is 4.43. The van der Waals surface area contributed by atoms with Gasteiger partial charge in [-0.1, -0.05) is 12.1 Å². The molecular weight excluding hydrogens is 272 g/mol. The molecule has 0 saturated heterocycles. The van der Waals surface area contributed by atoms with Crippen LogP contribution in [0, 0.1) is 0 Å². The fraction of sp³-hybridized carbons (Fsp3) is 0.250. The number of furan rings is 1. The minimum atomic E-state index is -0.416. The number of esters is 2. The van der Waals surface area contributed by atoms with Crippen LogP contribution in [0.4, 0.5) is 0 Å². The van der Waals surface area contributed by atoms with Crippen molar-refractivity contribution in [2.75, 3.05) is 7.11 Å². The summed E-state index contributed by atoms with van der Waals surface area (Å²) in [5.74, 6) is 0.0236. The molecule has 0 unspecified atom stereocenters. The predicted octanol–water partition coefficient (Wildman–Crippen LogP) is 2.74. The van der Waals surface area contributed by atoms with Gasteiger partial charge in [0.25, 0.3) is 0 Å². The molecule has 1 heterocycles. The van der Waals surface area contributed by atoms with Crippen LogP contribution in [0.1, 0.15) is 28.1 Å². The molecule has 21 heavy (non-hydrogen) atoms. The lowest BCUT2D eigenvalue weighted by Crippen LogP contribution is -2.07. The summed E-state index contributed by atoms with van der Waals surface area (Å²) in [5, 5.41) is 0. The molecule has 0 aliphatic rings. The molecule has 0 radical (unpaired) electrons. The summed E-state index contributed by atoms with van der Waals surface area (Å²) in [7, 11) is 1.32. The standard InChI is InChI=1S/C16H16O5/c1-19-16(18)13-5-2-4-12(10-13)11-21-15(17)8-7-14-6-3-9-20-14/h2-6,9-10H,7-8,11H2,1H3. The van der Waals surface area contributed by atoms with E-state index in [2.05, 4.69) is 4.74 Å². The molecule has 0 fully saturated rings. The summed E-state index contributed by atoms with van der Waals surface area (Å²) < 4.78 is 14.9. The van der Waals surface area contributed by atoms with E-state index < -0.39 is 5.97 Å². The van der Waals surface area contributed by atoms with Gasteiger partial charge in [0, 0.05) is 6.42 Å². The van der Waals surface area contributed by atoms with Crippen LogP contribution in [-0.2, 0) is 27.3 Å².